The van der Waals surface area contributed by atoms with Gasteiger partial charge in [0.2, 0.25) is 0 Å². The van der Waals surface area contributed by atoms with Gasteiger partial charge in [0.1, 0.15) is 5.75 Å². The van der Waals surface area contributed by atoms with Crippen LogP contribution >= 0.6 is 11.6 Å². The SMILES string of the molecule is FC(F)Oc1ccc(C(F)(F)F)c(C(F)(F)F)c1Cl. The molecule has 1 aromatic carbocycles. The Morgan fingerprint density at radius 1 is 0.947 bits per heavy atom. The fraction of sp³-hybridized carbons (Fsp3) is 0.333. The molecule has 0 saturated carbocycles. The van der Waals surface area contributed by atoms with Crippen molar-refractivity contribution in [3.05, 3.63) is 28.3 Å². The molecule has 1 nitrogen and oxygen atoms in total. The van der Waals surface area contributed by atoms with Crippen LogP contribution in [0.4, 0.5) is 35.1 Å². The lowest BCUT2D eigenvalue weighted by Crippen LogP contribution is -2.18. The van der Waals surface area contributed by atoms with Gasteiger partial charge in [-0.25, -0.2) is 0 Å². The summed E-state index contributed by atoms with van der Waals surface area (Å²) >= 11 is 5.07. The third-order valence-corrected chi connectivity index (χ3v) is 2.29. The molecule has 0 aromatic heterocycles. The maximum absolute atomic E-state index is 12.5. The Hall–Kier alpha value is -1.25. The topological polar surface area (TPSA) is 9.23 Å². The molecule has 1 rings (SSSR count). The zero-order valence-electron chi connectivity index (χ0n) is 8.54. The average molecular weight is 315 g/mol. The first-order chi connectivity index (χ1) is 8.44. The van der Waals surface area contributed by atoms with E-state index >= 15 is 0 Å². The summed E-state index contributed by atoms with van der Waals surface area (Å²) in [6.07, 6.45) is -10.8. The van der Waals surface area contributed by atoms with Crippen molar-refractivity contribution >= 4 is 11.6 Å². The van der Waals surface area contributed by atoms with E-state index in [-0.39, 0.29) is 6.07 Å². The molecule has 0 aliphatic carbocycles. The van der Waals surface area contributed by atoms with Gasteiger partial charge in [0.15, 0.2) is 0 Å². The molecule has 108 valence electrons. The monoisotopic (exact) mass is 314 g/mol. The Balaban J connectivity index is 3.51. The van der Waals surface area contributed by atoms with Crippen molar-refractivity contribution in [3.8, 4) is 5.75 Å². The largest absolute Gasteiger partial charge is 0.433 e. The smallest absolute Gasteiger partial charge is 0.418 e. The summed E-state index contributed by atoms with van der Waals surface area (Å²) in [5.74, 6) is -1.18. The molecule has 19 heavy (non-hydrogen) atoms. The molecule has 0 radical (unpaired) electrons. The first kappa shape index (κ1) is 15.8. The molecule has 0 saturated heterocycles. The highest BCUT2D eigenvalue weighted by molar-refractivity contribution is 6.33. The second-order valence-corrected chi connectivity index (χ2v) is 3.55. The van der Waals surface area contributed by atoms with Crippen molar-refractivity contribution in [2.75, 3.05) is 0 Å². The van der Waals surface area contributed by atoms with E-state index in [1.165, 1.54) is 0 Å². The molecule has 0 spiro atoms. The van der Waals surface area contributed by atoms with Crippen molar-refractivity contribution in [1.29, 1.82) is 0 Å². The number of hydrogen-bond donors (Lipinski definition) is 0. The van der Waals surface area contributed by atoms with E-state index in [1.807, 2.05) is 0 Å². The van der Waals surface area contributed by atoms with Crippen molar-refractivity contribution in [2.24, 2.45) is 0 Å². The lowest BCUT2D eigenvalue weighted by Gasteiger charge is -2.18. The van der Waals surface area contributed by atoms with Gasteiger partial charge in [0.05, 0.1) is 16.1 Å². The van der Waals surface area contributed by atoms with Crippen molar-refractivity contribution in [3.63, 3.8) is 0 Å². The summed E-state index contributed by atoms with van der Waals surface area (Å²) in [6.45, 7) is -3.52. The summed E-state index contributed by atoms with van der Waals surface area (Å²) in [5, 5.41) is -1.57. The van der Waals surface area contributed by atoms with Crippen molar-refractivity contribution < 1.29 is 39.9 Å². The number of halogens is 9. The zero-order valence-corrected chi connectivity index (χ0v) is 9.30. The molecule has 0 N–H and O–H groups in total. The minimum Gasteiger partial charge on any atom is -0.433 e. The molecular formula is C9H3ClF8O. The summed E-state index contributed by atoms with van der Waals surface area (Å²) in [7, 11) is 0. The Morgan fingerprint density at radius 3 is 1.84 bits per heavy atom. The first-order valence-corrected chi connectivity index (χ1v) is 4.74. The second kappa shape index (κ2) is 5.03. The highest BCUT2D eigenvalue weighted by Crippen LogP contribution is 2.46. The predicted molar refractivity (Wildman–Crippen MR) is 48.1 cm³/mol. The lowest BCUT2D eigenvalue weighted by atomic mass is 10.1. The quantitative estimate of drug-likeness (QED) is 0.700. The Kier molecular flexibility index (Phi) is 4.18. The third-order valence-electron chi connectivity index (χ3n) is 1.91. The minimum absolute atomic E-state index is 0.0214. The maximum Gasteiger partial charge on any atom is 0.418 e. The maximum atomic E-state index is 12.5. The summed E-state index contributed by atoms with van der Waals surface area (Å²) in [6, 6.07) is 0.277. The van der Waals surface area contributed by atoms with Gasteiger partial charge in [-0.15, -0.1) is 0 Å². The van der Waals surface area contributed by atoms with E-state index in [2.05, 4.69) is 4.74 Å². The van der Waals surface area contributed by atoms with Gasteiger partial charge in [-0.3, -0.25) is 0 Å². The molecule has 0 bridgehead atoms. The van der Waals surface area contributed by atoms with Crippen LogP contribution in [0.15, 0.2) is 12.1 Å². The number of benzene rings is 1. The summed E-state index contributed by atoms with van der Waals surface area (Å²) in [4.78, 5) is 0. The molecule has 0 aliphatic rings. The highest BCUT2D eigenvalue weighted by atomic mass is 35.5. The molecular weight excluding hydrogens is 312 g/mol. The minimum atomic E-state index is -5.47. The van der Waals surface area contributed by atoms with Crippen LogP contribution in [0.1, 0.15) is 11.1 Å². The predicted octanol–water partition coefficient (Wildman–Crippen LogP) is 4.98. The normalized spacial score (nSPS) is 12.9. The van der Waals surface area contributed by atoms with Gasteiger partial charge in [-0.05, 0) is 12.1 Å². The van der Waals surface area contributed by atoms with Crippen LogP contribution in [0, 0.1) is 0 Å². The molecule has 0 fully saturated rings. The van der Waals surface area contributed by atoms with E-state index in [1.54, 1.807) is 0 Å². The second-order valence-electron chi connectivity index (χ2n) is 3.17. The fourth-order valence-electron chi connectivity index (χ4n) is 1.26. The standard InChI is InChI=1S/C9H3ClF8O/c10-6-4(19-7(11)12)2-1-3(8(13,14)15)5(6)9(16,17)18/h1-2,7H. The van der Waals surface area contributed by atoms with Crippen molar-refractivity contribution in [2.45, 2.75) is 19.0 Å². The highest BCUT2D eigenvalue weighted by Gasteiger charge is 2.45. The van der Waals surface area contributed by atoms with Crippen LogP contribution in [0.25, 0.3) is 0 Å². The molecule has 0 atom stereocenters. The molecule has 0 aliphatic heterocycles. The van der Waals surface area contributed by atoms with Gasteiger partial charge < -0.3 is 4.74 Å². The van der Waals surface area contributed by atoms with Gasteiger partial charge in [0.25, 0.3) is 0 Å². The number of hydrogen-bond acceptors (Lipinski definition) is 1. The van der Waals surface area contributed by atoms with E-state index in [0.29, 0.717) is 6.07 Å². The van der Waals surface area contributed by atoms with Gasteiger partial charge >= 0.3 is 19.0 Å². The number of alkyl halides is 8. The van der Waals surface area contributed by atoms with Gasteiger partial charge in [-0.2, -0.15) is 35.1 Å². The fourth-order valence-corrected chi connectivity index (χ4v) is 1.57. The Morgan fingerprint density at radius 2 is 1.47 bits per heavy atom. The van der Waals surface area contributed by atoms with E-state index < -0.39 is 40.9 Å². The molecule has 10 heteroatoms. The molecule has 0 heterocycles. The van der Waals surface area contributed by atoms with Crippen molar-refractivity contribution in [1.82, 2.24) is 0 Å². The van der Waals surface area contributed by atoms with E-state index in [0.717, 1.165) is 0 Å². The molecule has 1 aromatic rings. The molecule has 0 amide bonds. The van der Waals surface area contributed by atoms with Crippen LogP contribution in [0.5, 0.6) is 5.75 Å². The lowest BCUT2D eigenvalue weighted by molar-refractivity contribution is -0.162. The van der Waals surface area contributed by atoms with Crippen LogP contribution < -0.4 is 4.74 Å². The summed E-state index contributed by atoms with van der Waals surface area (Å²) in [5.41, 5.74) is -4.34. The van der Waals surface area contributed by atoms with Crippen LogP contribution in [0.3, 0.4) is 0 Å². The Bertz CT molecular complexity index is 465. The van der Waals surface area contributed by atoms with E-state index in [9.17, 15) is 35.1 Å². The van der Waals surface area contributed by atoms with Gasteiger partial charge in [-0.1, -0.05) is 11.6 Å². The number of rotatable bonds is 2. The average Bonchev–Trinajstić information content (AvgIpc) is 2.16. The van der Waals surface area contributed by atoms with Gasteiger partial charge in [0, 0.05) is 0 Å². The summed E-state index contributed by atoms with van der Waals surface area (Å²) < 4.78 is 102. The Labute approximate surface area is 105 Å². The third kappa shape index (κ3) is 3.62. The van der Waals surface area contributed by atoms with E-state index in [4.69, 9.17) is 11.6 Å². The first-order valence-electron chi connectivity index (χ1n) is 4.36. The number of ether oxygens (including phenoxy) is 1. The zero-order chi connectivity index (χ0) is 15.0. The molecule has 0 unspecified atom stereocenters. The van der Waals surface area contributed by atoms with Crippen LogP contribution in [-0.4, -0.2) is 6.61 Å². The van der Waals surface area contributed by atoms with Crippen LogP contribution in [-0.2, 0) is 12.4 Å². The van der Waals surface area contributed by atoms with Crippen LogP contribution in [0.2, 0.25) is 5.02 Å².